The summed E-state index contributed by atoms with van der Waals surface area (Å²) in [6, 6.07) is 8.84. The summed E-state index contributed by atoms with van der Waals surface area (Å²) in [5, 5.41) is 18.3. The first-order chi connectivity index (χ1) is 18.5. The molecule has 4 heterocycles. The van der Waals surface area contributed by atoms with Crippen LogP contribution in [0.5, 0.6) is 5.75 Å². The van der Waals surface area contributed by atoms with Crippen molar-refractivity contribution in [2.75, 3.05) is 26.9 Å². The molecule has 11 heteroatoms. The van der Waals surface area contributed by atoms with Crippen LogP contribution in [0.15, 0.2) is 55.1 Å². The standard InChI is InChI=1S/C27H25N7O4/c1-18-17-38-11-10-33(18)25(36)16-32-15-20(26(31-32)21-12-19(13-28)4-7-24(21)37-2)5-6-23(35)22-14-30-34-9-3-8-29-27(22)34/h3-9,12,14-15,18H,10-11,16-17H2,1-2H3/b6-5-/t18-/m0/s1. The third-order valence-corrected chi connectivity index (χ3v) is 6.32. The normalized spacial score (nSPS) is 15.6. The lowest BCUT2D eigenvalue weighted by Gasteiger charge is -2.33. The van der Waals surface area contributed by atoms with Crippen LogP contribution in [0.25, 0.3) is 23.0 Å². The Hall–Kier alpha value is -4.82. The number of hydrogen-bond donors (Lipinski definition) is 0. The SMILES string of the molecule is COc1ccc(C#N)cc1-c1nn(CC(=O)N2CCOC[C@@H]2C)cc1/C=C\C(=O)c1cnn2cccnc12. The minimum atomic E-state index is -0.284. The fourth-order valence-corrected chi connectivity index (χ4v) is 4.39. The maximum absolute atomic E-state index is 13.1. The topological polar surface area (TPSA) is 128 Å². The highest BCUT2D eigenvalue weighted by Gasteiger charge is 2.25. The number of fused-ring (bicyclic) bond motifs is 1. The van der Waals surface area contributed by atoms with E-state index in [-0.39, 0.29) is 24.3 Å². The summed E-state index contributed by atoms with van der Waals surface area (Å²) in [6.07, 6.45) is 9.54. The summed E-state index contributed by atoms with van der Waals surface area (Å²) >= 11 is 0. The third kappa shape index (κ3) is 4.89. The third-order valence-electron chi connectivity index (χ3n) is 6.32. The highest BCUT2D eigenvalue weighted by Crippen LogP contribution is 2.33. The zero-order chi connectivity index (χ0) is 26.6. The highest BCUT2D eigenvalue weighted by atomic mass is 16.5. The van der Waals surface area contributed by atoms with Gasteiger partial charge in [-0.3, -0.25) is 14.3 Å². The molecule has 0 unspecified atom stereocenters. The van der Waals surface area contributed by atoms with E-state index in [0.717, 1.165) is 0 Å². The number of amides is 1. The molecule has 1 aliphatic rings. The van der Waals surface area contributed by atoms with Gasteiger partial charge in [-0.2, -0.15) is 15.5 Å². The van der Waals surface area contributed by atoms with Crippen molar-refractivity contribution in [3.8, 4) is 23.1 Å². The van der Waals surface area contributed by atoms with Gasteiger partial charge in [0.25, 0.3) is 0 Å². The van der Waals surface area contributed by atoms with Crippen LogP contribution in [-0.4, -0.2) is 73.9 Å². The van der Waals surface area contributed by atoms with E-state index in [0.29, 0.717) is 59.1 Å². The number of carbonyl (C=O) groups excluding carboxylic acids is 2. The molecule has 0 N–H and O–H groups in total. The molecule has 0 radical (unpaired) electrons. The molecule has 1 fully saturated rings. The molecule has 3 aromatic heterocycles. The van der Waals surface area contributed by atoms with E-state index in [9.17, 15) is 14.9 Å². The van der Waals surface area contributed by atoms with Gasteiger partial charge in [0.15, 0.2) is 11.4 Å². The number of methoxy groups -OCH3 is 1. The van der Waals surface area contributed by atoms with Gasteiger partial charge in [0.2, 0.25) is 5.91 Å². The summed E-state index contributed by atoms with van der Waals surface area (Å²) in [7, 11) is 1.53. The second kappa shape index (κ2) is 10.7. The second-order valence-electron chi connectivity index (χ2n) is 8.81. The molecule has 38 heavy (non-hydrogen) atoms. The Morgan fingerprint density at radius 1 is 1.34 bits per heavy atom. The molecule has 0 spiro atoms. The number of ketones is 1. The fraction of sp³-hybridized carbons (Fsp3) is 0.259. The van der Waals surface area contributed by atoms with Gasteiger partial charge in [-0.25, -0.2) is 9.50 Å². The first kappa shape index (κ1) is 24.9. The van der Waals surface area contributed by atoms with Crippen molar-refractivity contribution in [3.63, 3.8) is 0 Å². The maximum Gasteiger partial charge on any atom is 0.244 e. The number of benzene rings is 1. The Balaban J connectivity index is 1.51. The molecule has 1 saturated heterocycles. The predicted molar refractivity (Wildman–Crippen MR) is 137 cm³/mol. The van der Waals surface area contributed by atoms with Crippen LogP contribution in [0, 0.1) is 11.3 Å². The lowest BCUT2D eigenvalue weighted by molar-refractivity contribution is -0.139. The van der Waals surface area contributed by atoms with Crippen LogP contribution in [-0.2, 0) is 16.1 Å². The predicted octanol–water partition coefficient (Wildman–Crippen LogP) is 2.62. The monoisotopic (exact) mass is 511 g/mol. The smallest absolute Gasteiger partial charge is 0.244 e. The van der Waals surface area contributed by atoms with Crippen molar-refractivity contribution in [2.24, 2.45) is 0 Å². The number of nitrogens with zero attached hydrogens (tertiary/aromatic N) is 7. The Kier molecular flexibility index (Phi) is 6.97. The van der Waals surface area contributed by atoms with Gasteiger partial charge in [0, 0.05) is 36.3 Å². The molecule has 1 aromatic carbocycles. The van der Waals surface area contributed by atoms with E-state index in [2.05, 4.69) is 21.3 Å². The summed E-state index contributed by atoms with van der Waals surface area (Å²) in [4.78, 5) is 32.1. The number of carbonyl (C=O) groups is 2. The van der Waals surface area contributed by atoms with Crippen molar-refractivity contribution in [2.45, 2.75) is 19.5 Å². The van der Waals surface area contributed by atoms with Crippen LogP contribution in [0.2, 0.25) is 0 Å². The second-order valence-corrected chi connectivity index (χ2v) is 8.81. The van der Waals surface area contributed by atoms with Crippen molar-refractivity contribution in [1.82, 2.24) is 29.3 Å². The van der Waals surface area contributed by atoms with Gasteiger partial charge in [-0.15, -0.1) is 0 Å². The summed E-state index contributed by atoms with van der Waals surface area (Å²) in [6.45, 7) is 3.45. The summed E-state index contributed by atoms with van der Waals surface area (Å²) < 4.78 is 14.0. The molecule has 0 bridgehead atoms. The highest BCUT2D eigenvalue weighted by molar-refractivity contribution is 6.10. The molecule has 192 valence electrons. The molecule has 4 aromatic rings. The van der Waals surface area contributed by atoms with Gasteiger partial charge >= 0.3 is 0 Å². The van der Waals surface area contributed by atoms with Crippen LogP contribution < -0.4 is 4.74 Å². The molecule has 0 saturated carbocycles. The number of ether oxygens (including phenoxy) is 2. The molecule has 0 aliphatic carbocycles. The van der Waals surface area contributed by atoms with Crippen LogP contribution >= 0.6 is 0 Å². The lowest BCUT2D eigenvalue weighted by atomic mass is 10.0. The van der Waals surface area contributed by atoms with Gasteiger partial charge < -0.3 is 14.4 Å². The van der Waals surface area contributed by atoms with Gasteiger partial charge in [-0.05, 0) is 43.3 Å². The average molecular weight is 512 g/mol. The molecule has 1 aliphatic heterocycles. The quantitative estimate of drug-likeness (QED) is 0.274. The molecule has 5 rings (SSSR count). The average Bonchev–Trinajstić information content (AvgIpc) is 3.55. The summed E-state index contributed by atoms with van der Waals surface area (Å²) in [5.41, 5.74) is 2.87. The number of rotatable bonds is 7. The molecule has 11 nitrogen and oxygen atoms in total. The van der Waals surface area contributed by atoms with Crippen LogP contribution in [0.3, 0.4) is 0 Å². The minimum absolute atomic E-state index is 0.0113. The first-order valence-corrected chi connectivity index (χ1v) is 12.0. The number of morpholine rings is 1. The largest absolute Gasteiger partial charge is 0.496 e. The van der Waals surface area contributed by atoms with Crippen molar-refractivity contribution >= 4 is 23.4 Å². The van der Waals surface area contributed by atoms with Crippen molar-refractivity contribution < 1.29 is 19.1 Å². The van der Waals surface area contributed by atoms with Crippen molar-refractivity contribution in [1.29, 1.82) is 5.26 Å². The Morgan fingerprint density at radius 2 is 2.21 bits per heavy atom. The van der Waals surface area contributed by atoms with E-state index in [1.54, 1.807) is 58.5 Å². The first-order valence-electron chi connectivity index (χ1n) is 12.0. The molecule has 1 amide bonds. The van der Waals surface area contributed by atoms with E-state index in [1.165, 1.54) is 23.9 Å². The zero-order valence-corrected chi connectivity index (χ0v) is 20.9. The van der Waals surface area contributed by atoms with E-state index in [4.69, 9.17) is 9.47 Å². The molecular formula is C27H25N7O4. The molecule has 1 atom stereocenters. The number of allylic oxidation sites excluding steroid dienone is 1. The fourth-order valence-electron chi connectivity index (χ4n) is 4.39. The number of aromatic nitrogens is 5. The van der Waals surface area contributed by atoms with Gasteiger partial charge in [0.1, 0.15) is 18.0 Å². The number of hydrogen-bond acceptors (Lipinski definition) is 8. The maximum atomic E-state index is 13.1. The number of nitriles is 1. The van der Waals surface area contributed by atoms with Crippen molar-refractivity contribution in [3.05, 3.63) is 71.8 Å². The Bertz CT molecular complexity index is 1580. The Labute approximate surface area is 218 Å². The van der Waals surface area contributed by atoms with Gasteiger partial charge in [-0.1, -0.05) is 0 Å². The lowest BCUT2D eigenvalue weighted by Crippen LogP contribution is -2.48. The van der Waals surface area contributed by atoms with E-state index < -0.39 is 0 Å². The van der Waals surface area contributed by atoms with E-state index in [1.807, 2.05) is 6.92 Å². The van der Waals surface area contributed by atoms with Crippen LogP contribution in [0.1, 0.15) is 28.4 Å². The van der Waals surface area contributed by atoms with E-state index >= 15 is 0 Å². The zero-order valence-electron chi connectivity index (χ0n) is 20.9. The summed E-state index contributed by atoms with van der Waals surface area (Å²) in [5.74, 6) is 0.139. The minimum Gasteiger partial charge on any atom is -0.496 e. The molecular weight excluding hydrogens is 486 g/mol. The van der Waals surface area contributed by atoms with Gasteiger partial charge in [0.05, 0.1) is 49.8 Å². The Morgan fingerprint density at radius 3 is 3.00 bits per heavy atom. The van der Waals surface area contributed by atoms with Crippen LogP contribution in [0.4, 0.5) is 0 Å².